The molecule has 6 nitrogen and oxygen atoms in total. The van der Waals surface area contributed by atoms with Gasteiger partial charge in [0, 0.05) is 6.07 Å². The van der Waals surface area contributed by atoms with E-state index in [2.05, 4.69) is 5.16 Å². The van der Waals surface area contributed by atoms with E-state index in [1.165, 1.54) is 26.8 Å². The summed E-state index contributed by atoms with van der Waals surface area (Å²) in [5.41, 5.74) is -3.10. The zero-order chi connectivity index (χ0) is 13.3. The minimum atomic E-state index is -1.89. The third-order valence-corrected chi connectivity index (χ3v) is 2.28. The molecule has 1 aromatic heterocycles. The zero-order valence-electron chi connectivity index (χ0n) is 10.4. The molecule has 0 bridgehead atoms. The van der Waals surface area contributed by atoms with E-state index in [1.807, 2.05) is 0 Å². The van der Waals surface area contributed by atoms with Gasteiger partial charge in [0.05, 0.1) is 6.61 Å². The molecule has 1 heterocycles. The summed E-state index contributed by atoms with van der Waals surface area (Å²) in [6, 6.07) is 1.33. The average Bonchev–Trinajstić information content (AvgIpc) is 2.66. The summed E-state index contributed by atoms with van der Waals surface area (Å²) >= 11 is 0. The van der Waals surface area contributed by atoms with Crippen molar-refractivity contribution in [2.24, 2.45) is 0 Å². The molecule has 1 aromatic rings. The fourth-order valence-electron chi connectivity index (χ4n) is 1.17. The summed E-state index contributed by atoms with van der Waals surface area (Å²) in [5.74, 6) is -0.646. The molecule has 0 aliphatic heterocycles. The van der Waals surface area contributed by atoms with Gasteiger partial charge >= 0.3 is 5.97 Å². The van der Waals surface area contributed by atoms with Crippen LogP contribution in [0.25, 0.3) is 0 Å². The summed E-state index contributed by atoms with van der Waals surface area (Å²) in [6.45, 7) is 6.08. The van der Waals surface area contributed by atoms with E-state index in [0.29, 0.717) is 0 Å². The molecule has 6 heteroatoms. The molecule has 0 radical (unpaired) electrons. The van der Waals surface area contributed by atoms with E-state index in [1.54, 1.807) is 6.92 Å². The van der Waals surface area contributed by atoms with Crippen LogP contribution in [0.5, 0.6) is 0 Å². The topological polar surface area (TPSA) is 92.8 Å². The first-order valence-corrected chi connectivity index (χ1v) is 5.29. The SMILES string of the molecule is CCOC(=O)C(C)(O)c1cc(C(C)(C)O)on1. The molecule has 0 fully saturated rings. The molecule has 96 valence electrons. The lowest BCUT2D eigenvalue weighted by Gasteiger charge is -2.17. The number of rotatable bonds is 4. The van der Waals surface area contributed by atoms with E-state index >= 15 is 0 Å². The second kappa shape index (κ2) is 4.46. The van der Waals surface area contributed by atoms with Crippen LogP contribution in [0.4, 0.5) is 0 Å². The van der Waals surface area contributed by atoms with Crippen molar-refractivity contribution in [1.29, 1.82) is 0 Å². The molecule has 17 heavy (non-hydrogen) atoms. The van der Waals surface area contributed by atoms with Gasteiger partial charge in [0.2, 0.25) is 5.60 Å². The summed E-state index contributed by atoms with van der Waals surface area (Å²) in [5, 5.41) is 23.2. The molecule has 1 rings (SSSR count). The molecule has 0 spiro atoms. The van der Waals surface area contributed by atoms with Gasteiger partial charge in [-0.2, -0.15) is 0 Å². The number of carbonyl (C=O) groups is 1. The van der Waals surface area contributed by atoms with Crippen LogP contribution >= 0.6 is 0 Å². The van der Waals surface area contributed by atoms with Gasteiger partial charge in [-0.3, -0.25) is 0 Å². The number of aromatic nitrogens is 1. The highest BCUT2D eigenvalue weighted by molar-refractivity contribution is 5.79. The maximum atomic E-state index is 11.5. The first-order valence-electron chi connectivity index (χ1n) is 5.29. The van der Waals surface area contributed by atoms with E-state index in [-0.39, 0.29) is 18.1 Å². The number of ether oxygens (including phenoxy) is 1. The van der Waals surface area contributed by atoms with Crippen molar-refractivity contribution in [3.8, 4) is 0 Å². The first kappa shape index (κ1) is 13.7. The van der Waals surface area contributed by atoms with Gasteiger partial charge in [-0.1, -0.05) is 5.16 Å². The second-order valence-electron chi connectivity index (χ2n) is 4.43. The van der Waals surface area contributed by atoms with Crippen molar-refractivity contribution >= 4 is 5.97 Å². The Morgan fingerprint density at radius 2 is 2.06 bits per heavy atom. The number of hydrogen-bond acceptors (Lipinski definition) is 6. The first-order chi connectivity index (χ1) is 7.69. The Labute approximate surface area is 99.2 Å². The summed E-state index contributed by atoms with van der Waals surface area (Å²) in [4.78, 5) is 11.5. The molecule has 0 aromatic carbocycles. The largest absolute Gasteiger partial charge is 0.464 e. The van der Waals surface area contributed by atoms with Gasteiger partial charge in [-0.25, -0.2) is 4.79 Å². The third kappa shape index (κ3) is 2.83. The van der Waals surface area contributed by atoms with E-state index in [9.17, 15) is 15.0 Å². The maximum Gasteiger partial charge on any atom is 0.344 e. The number of carbonyl (C=O) groups excluding carboxylic acids is 1. The number of nitrogens with zero attached hydrogens (tertiary/aromatic N) is 1. The smallest absolute Gasteiger partial charge is 0.344 e. The molecule has 0 aliphatic rings. The van der Waals surface area contributed by atoms with Gasteiger partial charge < -0.3 is 19.5 Å². The average molecular weight is 243 g/mol. The fraction of sp³-hybridized carbons (Fsp3) is 0.636. The van der Waals surface area contributed by atoms with Crippen molar-refractivity contribution in [3.05, 3.63) is 17.5 Å². The van der Waals surface area contributed by atoms with E-state index < -0.39 is 17.2 Å². The van der Waals surface area contributed by atoms with Gasteiger partial charge in [0.25, 0.3) is 0 Å². The van der Waals surface area contributed by atoms with Crippen molar-refractivity contribution in [3.63, 3.8) is 0 Å². The van der Waals surface area contributed by atoms with Gasteiger partial charge in [-0.05, 0) is 27.7 Å². The van der Waals surface area contributed by atoms with Crippen LogP contribution in [0.2, 0.25) is 0 Å². The van der Waals surface area contributed by atoms with Crippen molar-refractivity contribution < 1.29 is 24.3 Å². The lowest BCUT2D eigenvalue weighted by atomic mass is 10.00. The van der Waals surface area contributed by atoms with Gasteiger partial charge in [0.1, 0.15) is 11.3 Å². The van der Waals surface area contributed by atoms with Crippen LogP contribution < -0.4 is 0 Å². The Bertz CT molecular complexity index is 402. The van der Waals surface area contributed by atoms with Crippen LogP contribution in [-0.2, 0) is 20.7 Å². The molecule has 0 saturated heterocycles. The van der Waals surface area contributed by atoms with Crippen molar-refractivity contribution in [1.82, 2.24) is 5.16 Å². The molecule has 0 amide bonds. The van der Waals surface area contributed by atoms with Crippen molar-refractivity contribution in [2.45, 2.75) is 38.9 Å². The quantitative estimate of drug-likeness (QED) is 0.755. The lowest BCUT2D eigenvalue weighted by molar-refractivity contribution is -0.164. The predicted molar refractivity (Wildman–Crippen MR) is 58.0 cm³/mol. The Morgan fingerprint density at radius 1 is 1.47 bits per heavy atom. The van der Waals surface area contributed by atoms with Crippen LogP contribution in [0.15, 0.2) is 10.6 Å². The Balaban J connectivity index is 3.00. The highest BCUT2D eigenvalue weighted by atomic mass is 16.5. The van der Waals surface area contributed by atoms with Crippen molar-refractivity contribution in [2.75, 3.05) is 6.61 Å². The number of hydrogen-bond donors (Lipinski definition) is 2. The minimum Gasteiger partial charge on any atom is -0.464 e. The molecule has 1 unspecified atom stereocenters. The fourth-order valence-corrected chi connectivity index (χ4v) is 1.17. The van der Waals surface area contributed by atoms with Crippen LogP contribution in [0.3, 0.4) is 0 Å². The number of esters is 1. The van der Waals surface area contributed by atoms with Crippen LogP contribution in [-0.4, -0.2) is 27.9 Å². The Hall–Kier alpha value is -1.40. The summed E-state index contributed by atoms with van der Waals surface area (Å²) in [6.07, 6.45) is 0. The zero-order valence-corrected chi connectivity index (χ0v) is 10.4. The standard InChI is InChI=1S/C11H17NO5/c1-5-16-9(13)11(4,15)7-6-8(17-12-7)10(2,3)14/h6,14-15H,5H2,1-4H3. The molecule has 0 aliphatic carbocycles. The third-order valence-electron chi connectivity index (χ3n) is 2.28. The van der Waals surface area contributed by atoms with Gasteiger partial charge in [-0.15, -0.1) is 0 Å². The monoisotopic (exact) mass is 243 g/mol. The summed E-state index contributed by atoms with van der Waals surface area (Å²) in [7, 11) is 0. The highest BCUT2D eigenvalue weighted by Crippen LogP contribution is 2.26. The summed E-state index contributed by atoms with van der Waals surface area (Å²) < 4.78 is 9.60. The molecular formula is C11H17NO5. The molecular weight excluding hydrogens is 226 g/mol. The van der Waals surface area contributed by atoms with E-state index in [0.717, 1.165) is 0 Å². The van der Waals surface area contributed by atoms with Crippen LogP contribution in [0, 0.1) is 0 Å². The van der Waals surface area contributed by atoms with Gasteiger partial charge in [0.15, 0.2) is 5.76 Å². The predicted octanol–water partition coefficient (Wildman–Crippen LogP) is 0.673. The van der Waals surface area contributed by atoms with E-state index in [4.69, 9.17) is 9.26 Å². The molecule has 1 atom stereocenters. The maximum absolute atomic E-state index is 11.5. The second-order valence-corrected chi connectivity index (χ2v) is 4.43. The molecule has 0 saturated carbocycles. The Morgan fingerprint density at radius 3 is 2.47 bits per heavy atom. The lowest BCUT2D eigenvalue weighted by Crippen LogP contribution is -2.34. The van der Waals surface area contributed by atoms with Crippen LogP contribution in [0.1, 0.15) is 39.1 Å². The molecule has 2 N–H and O–H groups in total. The highest BCUT2D eigenvalue weighted by Gasteiger charge is 2.38. The normalized spacial score (nSPS) is 15.4. The minimum absolute atomic E-state index is 0.00748. The Kier molecular flexibility index (Phi) is 3.59. The number of aliphatic hydroxyl groups is 2.